The zero-order valence-corrected chi connectivity index (χ0v) is 33.2. The predicted molar refractivity (Wildman–Crippen MR) is 252 cm³/mol. The van der Waals surface area contributed by atoms with Gasteiger partial charge in [-0.3, -0.25) is 4.99 Å². The Morgan fingerprint density at radius 3 is 1.95 bits per heavy atom. The second-order valence-electron chi connectivity index (χ2n) is 16.0. The van der Waals surface area contributed by atoms with Crippen LogP contribution in [0.5, 0.6) is 0 Å². The summed E-state index contributed by atoms with van der Waals surface area (Å²) in [5.41, 5.74) is 17.3. The van der Waals surface area contributed by atoms with E-state index in [4.69, 9.17) is 22.6 Å². The Balaban J connectivity index is 1.18. The second-order valence-corrected chi connectivity index (χ2v) is 16.0. The SMILES string of the molecule is C=C1CC(c2ccccc2)=NC(c2ccccc2)=CC1c1cc(C2=CC(c3ccccc3)C(=C)c3ccc4ccccc4c32)cc(-c2cccc3c2oc2ccccc23)c1. The minimum atomic E-state index is -0.130. The van der Waals surface area contributed by atoms with Gasteiger partial charge in [0, 0.05) is 34.6 Å². The average Bonchev–Trinajstić information content (AvgIpc) is 3.60. The normalized spacial score (nSPS) is 16.6. The lowest BCUT2D eigenvalue weighted by Gasteiger charge is -2.29. The van der Waals surface area contributed by atoms with Gasteiger partial charge in [-0.25, -0.2) is 0 Å². The molecule has 2 heterocycles. The van der Waals surface area contributed by atoms with Gasteiger partial charge in [-0.05, 0) is 84.6 Å². The van der Waals surface area contributed by atoms with E-state index >= 15 is 0 Å². The van der Waals surface area contributed by atoms with E-state index in [1.807, 2.05) is 6.07 Å². The summed E-state index contributed by atoms with van der Waals surface area (Å²) in [5, 5.41) is 4.64. The molecule has 60 heavy (non-hydrogen) atoms. The molecule has 9 aromatic rings. The number of fused-ring (bicyclic) bond motifs is 6. The quantitative estimate of drug-likeness (QED) is 0.155. The lowest BCUT2D eigenvalue weighted by molar-refractivity contribution is 0.670. The Kier molecular flexibility index (Phi) is 8.71. The third-order valence-corrected chi connectivity index (χ3v) is 12.3. The van der Waals surface area contributed by atoms with Crippen molar-refractivity contribution in [1.82, 2.24) is 0 Å². The highest BCUT2D eigenvalue weighted by molar-refractivity contribution is 6.11. The summed E-state index contributed by atoms with van der Waals surface area (Å²) in [7, 11) is 0. The van der Waals surface area contributed by atoms with Gasteiger partial charge < -0.3 is 4.42 Å². The molecule has 0 radical (unpaired) electrons. The molecule has 1 aliphatic heterocycles. The summed E-state index contributed by atoms with van der Waals surface area (Å²) in [6.45, 7) is 9.59. The minimum Gasteiger partial charge on any atom is -0.455 e. The number of para-hydroxylation sites is 2. The van der Waals surface area contributed by atoms with E-state index in [1.54, 1.807) is 0 Å². The number of rotatable bonds is 6. The molecule has 0 N–H and O–H groups in total. The second kappa shape index (κ2) is 14.7. The van der Waals surface area contributed by atoms with Crippen molar-refractivity contribution in [3.05, 3.63) is 258 Å². The van der Waals surface area contributed by atoms with Gasteiger partial charge in [0.15, 0.2) is 0 Å². The Morgan fingerprint density at radius 2 is 1.15 bits per heavy atom. The fraction of sp³-hybridized carbons (Fsp3) is 0.0517. The van der Waals surface area contributed by atoms with E-state index in [0.29, 0.717) is 6.42 Å². The Morgan fingerprint density at radius 1 is 0.483 bits per heavy atom. The average molecular weight is 768 g/mol. The molecular weight excluding hydrogens is 727 g/mol. The van der Waals surface area contributed by atoms with Crippen molar-refractivity contribution in [3.63, 3.8) is 0 Å². The van der Waals surface area contributed by atoms with Crippen molar-refractivity contribution in [2.45, 2.75) is 18.3 Å². The number of nitrogens with zero attached hydrogens (tertiary/aromatic N) is 1. The molecule has 0 bridgehead atoms. The van der Waals surface area contributed by atoms with Crippen LogP contribution in [0, 0.1) is 0 Å². The lowest BCUT2D eigenvalue weighted by Crippen LogP contribution is -2.10. The molecule has 2 unspecified atom stereocenters. The first-order valence-electron chi connectivity index (χ1n) is 20.7. The van der Waals surface area contributed by atoms with E-state index in [1.165, 1.54) is 33.0 Å². The van der Waals surface area contributed by atoms with E-state index in [0.717, 1.165) is 77.9 Å². The Bertz CT molecular complexity index is 3250. The molecular formula is C58H41NO. The summed E-state index contributed by atoms with van der Waals surface area (Å²) in [6.07, 6.45) is 5.42. The van der Waals surface area contributed by atoms with Crippen LogP contribution >= 0.6 is 0 Å². The van der Waals surface area contributed by atoms with Crippen LogP contribution in [0.4, 0.5) is 0 Å². The highest BCUT2D eigenvalue weighted by Crippen LogP contribution is 2.49. The van der Waals surface area contributed by atoms with E-state index in [-0.39, 0.29) is 11.8 Å². The molecule has 2 aliphatic rings. The first kappa shape index (κ1) is 35.6. The molecule has 0 spiro atoms. The number of hydrogen-bond donors (Lipinski definition) is 0. The number of aliphatic imine (C=N–C) groups is 1. The van der Waals surface area contributed by atoms with Gasteiger partial charge in [0.1, 0.15) is 11.2 Å². The summed E-state index contributed by atoms with van der Waals surface area (Å²) in [5.74, 6) is -0.130. The van der Waals surface area contributed by atoms with Crippen LogP contribution < -0.4 is 0 Å². The van der Waals surface area contributed by atoms with Gasteiger partial charge >= 0.3 is 0 Å². The van der Waals surface area contributed by atoms with Crippen LogP contribution in [0.15, 0.2) is 228 Å². The summed E-state index contributed by atoms with van der Waals surface area (Å²) >= 11 is 0. The molecule has 0 saturated heterocycles. The third-order valence-electron chi connectivity index (χ3n) is 12.3. The van der Waals surface area contributed by atoms with Crippen molar-refractivity contribution >= 4 is 55.3 Å². The largest absolute Gasteiger partial charge is 0.455 e. The zero-order chi connectivity index (χ0) is 40.2. The van der Waals surface area contributed by atoms with Gasteiger partial charge in [-0.2, -0.15) is 0 Å². The van der Waals surface area contributed by atoms with Crippen molar-refractivity contribution in [1.29, 1.82) is 0 Å². The number of benzene rings is 8. The van der Waals surface area contributed by atoms with Gasteiger partial charge in [0.05, 0.1) is 11.4 Å². The maximum atomic E-state index is 6.72. The molecule has 0 amide bonds. The zero-order valence-electron chi connectivity index (χ0n) is 33.2. The van der Waals surface area contributed by atoms with Crippen LogP contribution in [-0.2, 0) is 0 Å². The predicted octanol–water partition coefficient (Wildman–Crippen LogP) is 15.2. The summed E-state index contributed by atoms with van der Waals surface area (Å²) in [6, 6.07) is 67.0. The molecule has 2 heteroatoms. The molecule has 1 aliphatic carbocycles. The van der Waals surface area contributed by atoms with Crippen LogP contribution in [0.3, 0.4) is 0 Å². The molecule has 0 saturated carbocycles. The standard InChI is InChI=1S/C58H41NO/c1-37-31-54(41-20-8-4-9-21-41)59-55(42-22-10-5-11-23-42)36-51(37)44-32-43(48-26-16-27-50-49-25-14-15-28-56(49)60-58(48)50)33-45(34-44)53-35-52(39-17-6-3-7-18-39)38(2)46-30-29-40-19-12-13-24-47(40)57(46)53/h3-30,32-36,51-52H,1-2,31H2. The molecule has 1 aromatic heterocycles. The Hall–Kier alpha value is -7.55. The highest BCUT2D eigenvalue weighted by atomic mass is 16.3. The van der Waals surface area contributed by atoms with Crippen LogP contribution in [0.1, 0.15) is 57.2 Å². The summed E-state index contributed by atoms with van der Waals surface area (Å²) < 4.78 is 6.72. The highest BCUT2D eigenvalue weighted by Gasteiger charge is 2.29. The first-order chi connectivity index (χ1) is 29.6. The number of allylic oxidation sites excluding steroid dienone is 4. The summed E-state index contributed by atoms with van der Waals surface area (Å²) in [4.78, 5) is 5.40. The van der Waals surface area contributed by atoms with Crippen LogP contribution in [-0.4, -0.2) is 5.71 Å². The first-order valence-corrected chi connectivity index (χ1v) is 20.7. The smallest absolute Gasteiger partial charge is 0.143 e. The number of furan rings is 1. The molecule has 11 rings (SSSR count). The maximum Gasteiger partial charge on any atom is 0.143 e. The van der Waals surface area contributed by atoms with E-state index < -0.39 is 0 Å². The number of hydrogen-bond acceptors (Lipinski definition) is 2. The molecule has 2 nitrogen and oxygen atoms in total. The molecule has 2 atom stereocenters. The monoisotopic (exact) mass is 767 g/mol. The van der Waals surface area contributed by atoms with Crippen LogP contribution in [0.2, 0.25) is 0 Å². The fourth-order valence-corrected chi connectivity index (χ4v) is 9.38. The van der Waals surface area contributed by atoms with Gasteiger partial charge in [-0.15, -0.1) is 0 Å². The third kappa shape index (κ3) is 6.17. The fourth-order valence-electron chi connectivity index (χ4n) is 9.38. The maximum absolute atomic E-state index is 6.72. The van der Waals surface area contributed by atoms with Gasteiger partial charge in [0.2, 0.25) is 0 Å². The minimum absolute atomic E-state index is 0.0000268. The van der Waals surface area contributed by atoms with E-state index in [2.05, 4.69) is 194 Å². The molecule has 284 valence electrons. The molecule has 0 fully saturated rings. The van der Waals surface area contributed by atoms with Gasteiger partial charge in [-0.1, -0.05) is 201 Å². The van der Waals surface area contributed by atoms with Gasteiger partial charge in [0.25, 0.3) is 0 Å². The topological polar surface area (TPSA) is 25.5 Å². The lowest BCUT2D eigenvalue weighted by atomic mass is 9.74. The van der Waals surface area contributed by atoms with Crippen molar-refractivity contribution in [3.8, 4) is 11.1 Å². The van der Waals surface area contributed by atoms with Crippen molar-refractivity contribution < 1.29 is 4.42 Å². The van der Waals surface area contributed by atoms with Crippen LogP contribution in [0.25, 0.3) is 60.7 Å². The molecule has 8 aromatic carbocycles. The van der Waals surface area contributed by atoms with Crippen molar-refractivity contribution in [2.75, 3.05) is 0 Å². The van der Waals surface area contributed by atoms with E-state index in [9.17, 15) is 0 Å². The van der Waals surface area contributed by atoms with Crippen molar-refractivity contribution in [2.24, 2.45) is 4.99 Å². The Labute approximate surface area is 350 Å².